The van der Waals surface area contributed by atoms with Crippen LogP contribution in [-0.2, 0) is 0 Å². The maximum Gasteiger partial charge on any atom is 0.155 e. The van der Waals surface area contributed by atoms with Crippen LogP contribution < -0.4 is 5.32 Å². The van der Waals surface area contributed by atoms with Crippen molar-refractivity contribution < 1.29 is 0 Å². The van der Waals surface area contributed by atoms with Crippen molar-refractivity contribution in [1.82, 2.24) is 19.9 Å². The van der Waals surface area contributed by atoms with E-state index in [2.05, 4.69) is 36.2 Å². The van der Waals surface area contributed by atoms with Gasteiger partial charge in [0.05, 0.1) is 5.69 Å². The Bertz CT molecular complexity index is 544. The zero-order valence-electron chi connectivity index (χ0n) is 12.4. The van der Waals surface area contributed by atoms with E-state index in [9.17, 15) is 0 Å². The van der Waals surface area contributed by atoms with Crippen LogP contribution in [0.1, 0.15) is 56.1 Å². The normalized spacial score (nSPS) is 13.1. The van der Waals surface area contributed by atoms with Gasteiger partial charge in [0.2, 0.25) is 0 Å². The van der Waals surface area contributed by atoms with Crippen molar-refractivity contribution in [2.75, 3.05) is 6.54 Å². The standard InChI is InChI=1S/C15H24N4/c1-5-6-7-8-16-12(3)14-10-17-15-9-11(2)18-19(15)13(14)4/h9-10,12,16H,5-8H2,1-4H3. The molecule has 2 rings (SSSR count). The van der Waals surface area contributed by atoms with Crippen LogP contribution in [0, 0.1) is 13.8 Å². The predicted octanol–water partition coefficient (Wildman–Crippen LogP) is 3.19. The summed E-state index contributed by atoms with van der Waals surface area (Å²) < 4.78 is 1.94. The van der Waals surface area contributed by atoms with Gasteiger partial charge in [0, 0.05) is 29.6 Å². The van der Waals surface area contributed by atoms with Gasteiger partial charge in [-0.3, -0.25) is 0 Å². The predicted molar refractivity (Wildman–Crippen MR) is 78.4 cm³/mol. The molecule has 0 aliphatic carbocycles. The molecule has 4 heteroatoms. The van der Waals surface area contributed by atoms with Gasteiger partial charge in [-0.05, 0) is 33.7 Å². The number of hydrogen-bond acceptors (Lipinski definition) is 3. The van der Waals surface area contributed by atoms with Crippen molar-refractivity contribution in [1.29, 1.82) is 0 Å². The second-order valence-corrected chi connectivity index (χ2v) is 5.24. The molecule has 1 atom stereocenters. The lowest BCUT2D eigenvalue weighted by Crippen LogP contribution is -2.21. The first-order valence-electron chi connectivity index (χ1n) is 7.18. The zero-order chi connectivity index (χ0) is 13.8. The molecule has 1 N–H and O–H groups in total. The lowest BCUT2D eigenvalue weighted by Gasteiger charge is -2.16. The SMILES string of the molecule is CCCCCNC(C)c1cnc2cc(C)nn2c1C. The maximum atomic E-state index is 4.49. The minimum atomic E-state index is 0.318. The number of aromatic nitrogens is 3. The van der Waals surface area contributed by atoms with Crippen molar-refractivity contribution in [3.63, 3.8) is 0 Å². The van der Waals surface area contributed by atoms with Crippen molar-refractivity contribution in [2.45, 2.75) is 53.0 Å². The molecule has 104 valence electrons. The molecule has 0 bridgehead atoms. The van der Waals surface area contributed by atoms with E-state index in [1.165, 1.54) is 30.5 Å². The van der Waals surface area contributed by atoms with Gasteiger partial charge in [-0.15, -0.1) is 0 Å². The molecule has 1 unspecified atom stereocenters. The van der Waals surface area contributed by atoms with Gasteiger partial charge in [0.1, 0.15) is 0 Å². The molecule has 0 spiro atoms. The van der Waals surface area contributed by atoms with Crippen molar-refractivity contribution in [2.24, 2.45) is 0 Å². The summed E-state index contributed by atoms with van der Waals surface area (Å²) in [7, 11) is 0. The third kappa shape index (κ3) is 3.13. The van der Waals surface area contributed by atoms with Crippen molar-refractivity contribution in [3.05, 3.63) is 29.2 Å². The fraction of sp³-hybridized carbons (Fsp3) is 0.600. The van der Waals surface area contributed by atoms with E-state index in [1.807, 2.05) is 23.7 Å². The van der Waals surface area contributed by atoms with Crippen molar-refractivity contribution in [3.8, 4) is 0 Å². The molecule has 0 saturated heterocycles. The largest absolute Gasteiger partial charge is 0.310 e. The summed E-state index contributed by atoms with van der Waals surface area (Å²) in [5.41, 5.74) is 4.34. The Morgan fingerprint density at radius 3 is 2.84 bits per heavy atom. The van der Waals surface area contributed by atoms with Gasteiger partial charge in [0.25, 0.3) is 0 Å². The van der Waals surface area contributed by atoms with Gasteiger partial charge in [-0.25, -0.2) is 9.50 Å². The fourth-order valence-electron chi connectivity index (χ4n) is 2.40. The number of fused-ring (bicyclic) bond motifs is 1. The van der Waals surface area contributed by atoms with Crippen LogP contribution in [-0.4, -0.2) is 21.1 Å². The summed E-state index contributed by atoms with van der Waals surface area (Å²) >= 11 is 0. The van der Waals surface area contributed by atoms with Crippen LogP contribution >= 0.6 is 0 Å². The molecule has 0 aromatic carbocycles. The fourth-order valence-corrected chi connectivity index (χ4v) is 2.40. The van der Waals surface area contributed by atoms with Gasteiger partial charge in [-0.1, -0.05) is 19.8 Å². The number of rotatable bonds is 6. The summed E-state index contributed by atoms with van der Waals surface area (Å²) in [6.45, 7) is 9.59. The van der Waals surface area contributed by atoms with Gasteiger partial charge < -0.3 is 5.32 Å². The van der Waals surface area contributed by atoms with Crippen LogP contribution in [0.25, 0.3) is 5.65 Å². The number of aryl methyl sites for hydroxylation is 2. The van der Waals surface area contributed by atoms with Gasteiger partial charge in [0.15, 0.2) is 5.65 Å². The Morgan fingerprint density at radius 1 is 1.32 bits per heavy atom. The lowest BCUT2D eigenvalue weighted by atomic mass is 10.1. The van der Waals surface area contributed by atoms with E-state index < -0.39 is 0 Å². The first-order chi connectivity index (χ1) is 9.13. The summed E-state index contributed by atoms with van der Waals surface area (Å²) in [4.78, 5) is 4.49. The molecule has 2 aromatic rings. The van der Waals surface area contributed by atoms with Crippen LogP contribution in [0.5, 0.6) is 0 Å². The van der Waals surface area contributed by atoms with E-state index in [-0.39, 0.29) is 0 Å². The number of nitrogens with zero attached hydrogens (tertiary/aromatic N) is 3. The molecule has 0 amide bonds. The molecule has 0 aliphatic rings. The molecular weight excluding hydrogens is 236 g/mol. The quantitative estimate of drug-likeness (QED) is 0.811. The van der Waals surface area contributed by atoms with Gasteiger partial charge >= 0.3 is 0 Å². The minimum absolute atomic E-state index is 0.318. The summed E-state index contributed by atoms with van der Waals surface area (Å²) in [6, 6.07) is 2.33. The highest BCUT2D eigenvalue weighted by Gasteiger charge is 2.12. The minimum Gasteiger partial charge on any atom is -0.310 e. The number of hydrogen-bond donors (Lipinski definition) is 1. The highest BCUT2D eigenvalue weighted by molar-refractivity contribution is 5.42. The molecule has 19 heavy (non-hydrogen) atoms. The number of unbranched alkanes of at least 4 members (excludes halogenated alkanes) is 2. The Hall–Kier alpha value is -1.42. The Morgan fingerprint density at radius 2 is 2.11 bits per heavy atom. The Labute approximate surface area is 115 Å². The molecular formula is C15H24N4. The molecule has 0 fully saturated rings. The maximum absolute atomic E-state index is 4.49. The molecule has 2 aromatic heterocycles. The average Bonchev–Trinajstić information content (AvgIpc) is 2.76. The highest BCUT2D eigenvalue weighted by atomic mass is 15.3. The Kier molecular flexibility index (Phi) is 4.53. The molecule has 4 nitrogen and oxygen atoms in total. The molecule has 0 saturated carbocycles. The number of nitrogens with one attached hydrogen (secondary N) is 1. The van der Waals surface area contributed by atoms with E-state index in [1.54, 1.807) is 0 Å². The van der Waals surface area contributed by atoms with E-state index >= 15 is 0 Å². The third-order valence-electron chi connectivity index (χ3n) is 3.58. The van der Waals surface area contributed by atoms with E-state index in [4.69, 9.17) is 0 Å². The van der Waals surface area contributed by atoms with Crippen LogP contribution in [0.2, 0.25) is 0 Å². The molecule has 0 aliphatic heterocycles. The lowest BCUT2D eigenvalue weighted by molar-refractivity contribution is 0.537. The summed E-state index contributed by atoms with van der Waals surface area (Å²) in [5, 5.41) is 8.06. The monoisotopic (exact) mass is 260 g/mol. The van der Waals surface area contributed by atoms with Gasteiger partial charge in [-0.2, -0.15) is 5.10 Å². The molecule has 0 radical (unpaired) electrons. The van der Waals surface area contributed by atoms with E-state index in [0.717, 1.165) is 17.9 Å². The third-order valence-corrected chi connectivity index (χ3v) is 3.58. The van der Waals surface area contributed by atoms with E-state index in [0.29, 0.717) is 6.04 Å². The first kappa shape index (κ1) is 14.0. The van der Waals surface area contributed by atoms with Crippen molar-refractivity contribution >= 4 is 5.65 Å². The Balaban J connectivity index is 2.13. The van der Waals surface area contributed by atoms with Crippen LogP contribution in [0.3, 0.4) is 0 Å². The molecule has 2 heterocycles. The highest BCUT2D eigenvalue weighted by Crippen LogP contribution is 2.17. The van der Waals surface area contributed by atoms with Crippen LogP contribution in [0.4, 0.5) is 0 Å². The second kappa shape index (κ2) is 6.15. The van der Waals surface area contributed by atoms with Crippen LogP contribution in [0.15, 0.2) is 12.3 Å². The second-order valence-electron chi connectivity index (χ2n) is 5.24. The zero-order valence-corrected chi connectivity index (χ0v) is 12.4. The smallest absolute Gasteiger partial charge is 0.155 e. The summed E-state index contributed by atoms with van der Waals surface area (Å²) in [5.74, 6) is 0. The topological polar surface area (TPSA) is 42.2 Å². The first-order valence-corrected chi connectivity index (χ1v) is 7.18. The summed E-state index contributed by atoms with van der Waals surface area (Å²) in [6.07, 6.45) is 5.75. The average molecular weight is 260 g/mol.